The van der Waals surface area contributed by atoms with Gasteiger partial charge in [-0.3, -0.25) is 4.90 Å². The molecule has 2 N–H and O–H groups in total. The largest absolute Gasteiger partial charge is 0.380 e. The van der Waals surface area contributed by atoms with Crippen molar-refractivity contribution in [2.75, 3.05) is 26.7 Å². The van der Waals surface area contributed by atoms with Crippen molar-refractivity contribution in [2.45, 2.75) is 38.8 Å². The molecule has 3 nitrogen and oxygen atoms in total. The minimum absolute atomic E-state index is 0.0919. The van der Waals surface area contributed by atoms with E-state index in [1.807, 2.05) is 0 Å². The number of hydrogen-bond acceptors (Lipinski definition) is 3. The van der Waals surface area contributed by atoms with Gasteiger partial charge < -0.3 is 10.5 Å². The topological polar surface area (TPSA) is 38.5 Å². The van der Waals surface area contributed by atoms with E-state index in [0.29, 0.717) is 6.10 Å². The van der Waals surface area contributed by atoms with Gasteiger partial charge in [0.15, 0.2) is 0 Å². The van der Waals surface area contributed by atoms with Gasteiger partial charge in [0.2, 0.25) is 0 Å². The first-order valence-corrected chi connectivity index (χ1v) is 7.17. The van der Waals surface area contributed by atoms with Gasteiger partial charge in [-0.2, -0.15) is 0 Å². The van der Waals surface area contributed by atoms with Gasteiger partial charge in [-0.25, -0.2) is 0 Å². The third-order valence-corrected chi connectivity index (χ3v) is 3.92. The van der Waals surface area contributed by atoms with Crippen LogP contribution in [-0.4, -0.2) is 37.7 Å². The molecule has 2 rings (SSSR count). The molecule has 0 radical (unpaired) electrons. The molecule has 2 unspecified atom stereocenters. The standard InChI is InChI=1S/C16H26N2O/c1-12-7-13(2)9-14(8-12)16(17)11-18-6-4-5-15(10-18)19-3/h7-9,15-16H,4-6,10-11,17H2,1-3H3. The quantitative estimate of drug-likeness (QED) is 0.905. The Hall–Kier alpha value is -0.900. The van der Waals surface area contributed by atoms with Crippen molar-refractivity contribution >= 4 is 0 Å². The number of benzene rings is 1. The third kappa shape index (κ3) is 4.03. The van der Waals surface area contributed by atoms with E-state index in [1.54, 1.807) is 7.11 Å². The summed E-state index contributed by atoms with van der Waals surface area (Å²) < 4.78 is 5.46. The van der Waals surface area contributed by atoms with Crippen LogP contribution in [0, 0.1) is 13.8 Å². The van der Waals surface area contributed by atoms with Crippen LogP contribution < -0.4 is 5.73 Å². The first kappa shape index (κ1) is 14.5. The molecule has 19 heavy (non-hydrogen) atoms. The molecule has 106 valence electrons. The first-order valence-electron chi connectivity index (χ1n) is 7.17. The average molecular weight is 262 g/mol. The fourth-order valence-electron chi connectivity index (χ4n) is 2.98. The van der Waals surface area contributed by atoms with Crippen molar-refractivity contribution in [1.29, 1.82) is 0 Å². The molecule has 0 spiro atoms. The Kier molecular flexibility index (Phi) is 4.97. The van der Waals surface area contributed by atoms with Gasteiger partial charge in [0.25, 0.3) is 0 Å². The molecule has 0 amide bonds. The number of nitrogens with two attached hydrogens (primary N) is 1. The zero-order chi connectivity index (χ0) is 13.8. The second-order valence-electron chi connectivity index (χ2n) is 5.79. The van der Waals surface area contributed by atoms with Crippen LogP contribution in [0.3, 0.4) is 0 Å². The molecular weight excluding hydrogens is 236 g/mol. The maximum Gasteiger partial charge on any atom is 0.0698 e. The highest BCUT2D eigenvalue weighted by Gasteiger charge is 2.21. The molecule has 0 bridgehead atoms. The van der Waals surface area contributed by atoms with Crippen molar-refractivity contribution in [3.63, 3.8) is 0 Å². The predicted octanol–water partition coefficient (Wildman–Crippen LogP) is 2.41. The zero-order valence-electron chi connectivity index (χ0n) is 12.4. The van der Waals surface area contributed by atoms with E-state index in [4.69, 9.17) is 10.5 Å². The second-order valence-corrected chi connectivity index (χ2v) is 5.79. The molecule has 1 fully saturated rings. The van der Waals surface area contributed by atoms with E-state index >= 15 is 0 Å². The van der Waals surface area contributed by atoms with E-state index in [1.165, 1.54) is 29.5 Å². The van der Waals surface area contributed by atoms with E-state index in [2.05, 4.69) is 36.9 Å². The Morgan fingerprint density at radius 1 is 1.32 bits per heavy atom. The Balaban J connectivity index is 1.98. The molecule has 1 aromatic rings. The molecule has 1 aliphatic rings. The molecule has 1 aliphatic heterocycles. The highest BCUT2D eigenvalue weighted by molar-refractivity contribution is 5.30. The normalized spacial score (nSPS) is 22.4. The van der Waals surface area contributed by atoms with E-state index < -0.39 is 0 Å². The van der Waals surface area contributed by atoms with Crippen LogP contribution in [0.15, 0.2) is 18.2 Å². The van der Waals surface area contributed by atoms with Gasteiger partial charge >= 0.3 is 0 Å². The van der Waals surface area contributed by atoms with Crippen molar-refractivity contribution < 1.29 is 4.74 Å². The number of ether oxygens (including phenoxy) is 1. The summed E-state index contributed by atoms with van der Waals surface area (Å²) in [5.74, 6) is 0. The minimum atomic E-state index is 0.0919. The van der Waals surface area contributed by atoms with E-state index in [0.717, 1.165) is 19.6 Å². The van der Waals surface area contributed by atoms with Crippen LogP contribution in [0.4, 0.5) is 0 Å². The molecule has 0 aromatic heterocycles. The first-order chi connectivity index (χ1) is 9.08. The summed E-state index contributed by atoms with van der Waals surface area (Å²) in [5, 5.41) is 0. The summed E-state index contributed by atoms with van der Waals surface area (Å²) in [5.41, 5.74) is 10.2. The summed E-state index contributed by atoms with van der Waals surface area (Å²) >= 11 is 0. The van der Waals surface area contributed by atoms with Crippen molar-refractivity contribution in [3.8, 4) is 0 Å². The monoisotopic (exact) mass is 262 g/mol. The van der Waals surface area contributed by atoms with Crippen LogP contribution >= 0.6 is 0 Å². The lowest BCUT2D eigenvalue weighted by atomic mass is 10.0. The fraction of sp³-hybridized carbons (Fsp3) is 0.625. The van der Waals surface area contributed by atoms with Gasteiger partial charge in [-0.1, -0.05) is 29.3 Å². The lowest BCUT2D eigenvalue weighted by Crippen LogP contribution is -2.42. The van der Waals surface area contributed by atoms with Gasteiger partial charge in [-0.05, 0) is 38.8 Å². The highest BCUT2D eigenvalue weighted by Crippen LogP contribution is 2.19. The SMILES string of the molecule is COC1CCCN(CC(N)c2cc(C)cc(C)c2)C1. The number of hydrogen-bond donors (Lipinski definition) is 1. The summed E-state index contributed by atoms with van der Waals surface area (Å²) in [6.45, 7) is 7.33. The predicted molar refractivity (Wildman–Crippen MR) is 79.3 cm³/mol. The fourth-order valence-corrected chi connectivity index (χ4v) is 2.98. The summed E-state index contributed by atoms with van der Waals surface area (Å²) in [7, 11) is 1.80. The summed E-state index contributed by atoms with van der Waals surface area (Å²) in [6.07, 6.45) is 2.75. The lowest BCUT2D eigenvalue weighted by Gasteiger charge is -2.33. The Labute approximate surface area is 116 Å². The van der Waals surface area contributed by atoms with Crippen molar-refractivity contribution in [1.82, 2.24) is 4.90 Å². The van der Waals surface area contributed by atoms with Crippen LogP contribution in [0.25, 0.3) is 0 Å². The summed E-state index contributed by atoms with van der Waals surface area (Å²) in [6, 6.07) is 6.69. The maximum atomic E-state index is 6.37. The van der Waals surface area contributed by atoms with Gasteiger partial charge in [0.05, 0.1) is 6.10 Å². The van der Waals surface area contributed by atoms with Gasteiger partial charge in [0.1, 0.15) is 0 Å². The van der Waals surface area contributed by atoms with E-state index in [9.17, 15) is 0 Å². The Morgan fingerprint density at radius 2 is 2.00 bits per heavy atom. The summed E-state index contributed by atoms with van der Waals surface area (Å²) in [4.78, 5) is 2.43. The number of nitrogens with zero attached hydrogens (tertiary/aromatic N) is 1. The smallest absolute Gasteiger partial charge is 0.0698 e. The third-order valence-electron chi connectivity index (χ3n) is 3.92. The van der Waals surface area contributed by atoms with Gasteiger partial charge in [-0.15, -0.1) is 0 Å². The molecule has 0 saturated carbocycles. The average Bonchev–Trinajstić information content (AvgIpc) is 2.37. The molecule has 3 heteroatoms. The van der Waals surface area contributed by atoms with E-state index in [-0.39, 0.29) is 6.04 Å². The molecule has 1 heterocycles. The number of piperidine rings is 1. The number of likely N-dealkylation sites (tertiary alicyclic amines) is 1. The van der Waals surface area contributed by atoms with Gasteiger partial charge in [0, 0.05) is 26.2 Å². The van der Waals surface area contributed by atoms with Crippen LogP contribution in [0.1, 0.15) is 35.6 Å². The Morgan fingerprint density at radius 3 is 2.63 bits per heavy atom. The molecule has 1 saturated heterocycles. The Bertz CT molecular complexity index is 399. The highest BCUT2D eigenvalue weighted by atomic mass is 16.5. The number of aryl methyl sites for hydroxylation is 2. The zero-order valence-corrected chi connectivity index (χ0v) is 12.4. The molecule has 2 atom stereocenters. The lowest BCUT2D eigenvalue weighted by molar-refractivity contribution is 0.0294. The van der Waals surface area contributed by atoms with Crippen LogP contribution in [-0.2, 0) is 4.74 Å². The van der Waals surface area contributed by atoms with Crippen LogP contribution in [0.2, 0.25) is 0 Å². The number of rotatable bonds is 4. The minimum Gasteiger partial charge on any atom is -0.380 e. The van der Waals surface area contributed by atoms with Crippen molar-refractivity contribution in [3.05, 3.63) is 34.9 Å². The molecule has 1 aromatic carbocycles. The molecule has 0 aliphatic carbocycles. The number of methoxy groups -OCH3 is 1. The van der Waals surface area contributed by atoms with Crippen molar-refractivity contribution in [2.24, 2.45) is 5.73 Å². The van der Waals surface area contributed by atoms with Crippen LogP contribution in [0.5, 0.6) is 0 Å². The molecular formula is C16H26N2O. The maximum absolute atomic E-state index is 6.37. The second kappa shape index (κ2) is 6.51.